The van der Waals surface area contributed by atoms with Gasteiger partial charge in [0, 0.05) is 39.9 Å². The van der Waals surface area contributed by atoms with E-state index in [1.807, 2.05) is 29.5 Å². The number of hydrogen-bond donors (Lipinski definition) is 2. The Balaban J connectivity index is 1.19. The largest absolute Gasteiger partial charge is 0.478 e. The molecular formula is C40H31Br2NO6S. The fourth-order valence-corrected chi connectivity index (χ4v) is 8.40. The second kappa shape index (κ2) is 15.8. The molecule has 1 aromatic heterocycles. The number of benzene rings is 5. The maximum atomic E-state index is 12.7. The smallest absolute Gasteiger partial charge is 0.347 e. The average Bonchev–Trinajstić information content (AvgIpc) is 3.49. The molecule has 252 valence electrons. The third kappa shape index (κ3) is 7.83. The molecule has 1 heterocycles. The molecule has 1 atom stereocenters. The van der Waals surface area contributed by atoms with E-state index in [2.05, 4.69) is 110 Å². The van der Waals surface area contributed by atoms with Crippen molar-refractivity contribution in [3.8, 4) is 28.0 Å². The topological polar surface area (TPSA) is 102 Å². The van der Waals surface area contributed by atoms with Gasteiger partial charge in [-0.25, -0.2) is 9.59 Å². The first-order chi connectivity index (χ1) is 24.2. The number of esters is 1. The number of rotatable bonds is 12. The summed E-state index contributed by atoms with van der Waals surface area (Å²) in [6.45, 7) is 0.0404. The third-order valence-corrected chi connectivity index (χ3v) is 10.5. The van der Waals surface area contributed by atoms with Gasteiger partial charge in [0.2, 0.25) is 0 Å². The first-order valence-corrected chi connectivity index (χ1v) is 18.1. The van der Waals surface area contributed by atoms with Crippen LogP contribution >= 0.6 is 43.2 Å². The lowest BCUT2D eigenvalue weighted by atomic mass is 9.96. The summed E-state index contributed by atoms with van der Waals surface area (Å²) >= 11 is 9.08. The van der Waals surface area contributed by atoms with E-state index in [1.54, 1.807) is 12.1 Å². The summed E-state index contributed by atoms with van der Waals surface area (Å²) in [7, 11) is 1.26. The summed E-state index contributed by atoms with van der Waals surface area (Å²) in [6, 6.07) is 37.3. The van der Waals surface area contributed by atoms with Crippen molar-refractivity contribution in [2.45, 2.75) is 18.9 Å². The first-order valence-electron chi connectivity index (χ1n) is 15.7. The number of aromatic carboxylic acids is 1. The molecular weight excluding hydrogens is 782 g/mol. The summed E-state index contributed by atoms with van der Waals surface area (Å²) in [4.78, 5) is 38.3. The van der Waals surface area contributed by atoms with Crippen molar-refractivity contribution in [1.29, 1.82) is 0 Å². The summed E-state index contributed by atoms with van der Waals surface area (Å²) in [5, 5.41) is 13.3. The van der Waals surface area contributed by atoms with Crippen molar-refractivity contribution in [2.75, 3.05) is 13.7 Å². The predicted molar refractivity (Wildman–Crippen MR) is 204 cm³/mol. The number of carbonyl (C=O) groups is 3. The fraction of sp³-hybridized carbons (Fsp3) is 0.125. The Bertz CT molecular complexity index is 2160. The Kier molecular flexibility index (Phi) is 11.1. The molecule has 0 aliphatic rings. The number of carboxylic acid groups (broad SMARTS) is 1. The van der Waals surface area contributed by atoms with Gasteiger partial charge in [0.25, 0.3) is 5.91 Å². The lowest BCUT2D eigenvalue weighted by molar-refractivity contribution is -0.149. The molecule has 7 nitrogen and oxygen atoms in total. The Morgan fingerprint density at radius 2 is 1.40 bits per heavy atom. The zero-order valence-electron chi connectivity index (χ0n) is 26.8. The van der Waals surface area contributed by atoms with Gasteiger partial charge in [0.15, 0.2) is 6.10 Å². The Morgan fingerprint density at radius 1 is 0.780 bits per heavy atom. The van der Waals surface area contributed by atoms with Crippen molar-refractivity contribution in [3.63, 3.8) is 0 Å². The van der Waals surface area contributed by atoms with Gasteiger partial charge in [-0.3, -0.25) is 4.79 Å². The zero-order valence-corrected chi connectivity index (χ0v) is 30.8. The van der Waals surface area contributed by atoms with Crippen LogP contribution in [0, 0.1) is 0 Å². The van der Waals surface area contributed by atoms with Crippen LogP contribution in [0.3, 0.4) is 0 Å². The normalized spacial score (nSPS) is 11.6. The van der Waals surface area contributed by atoms with Crippen LogP contribution in [0.2, 0.25) is 0 Å². The van der Waals surface area contributed by atoms with Gasteiger partial charge in [-0.2, -0.15) is 0 Å². The van der Waals surface area contributed by atoms with E-state index in [4.69, 9.17) is 9.47 Å². The number of fused-ring (bicyclic) bond motifs is 1. The van der Waals surface area contributed by atoms with Gasteiger partial charge in [0.1, 0.15) is 5.75 Å². The highest BCUT2D eigenvalue weighted by Crippen LogP contribution is 2.42. The van der Waals surface area contributed by atoms with E-state index in [1.165, 1.54) is 45.3 Å². The number of thiophene rings is 1. The monoisotopic (exact) mass is 811 g/mol. The number of carboxylic acids is 1. The highest BCUT2D eigenvalue weighted by atomic mass is 79.9. The number of hydrogen-bond acceptors (Lipinski definition) is 6. The molecule has 5 aromatic carbocycles. The Morgan fingerprint density at radius 3 is 2.08 bits per heavy atom. The van der Waals surface area contributed by atoms with Gasteiger partial charge in [0.05, 0.1) is 27.2 Å². The van der Waals surface area contributed by atoms with E-state index in [0.717, 1.165) is 23.1 Å². The molecule has 10 heteroatoms. The molecule has 0 bridgehead atoms. The molecule has 0 aliphatic carbocycles. The quantitative estimate of drug-likeness (QED) is 0.119. The third-order valence-electron chi connectivity index (χ3n) is 8.20. The fourth-order valence-electron chi connectivity index (χ4n) is 5.77. The minimum absolute atomic E-state index is 0.0287. The second-order valence-corrected chi connectivity index (χ2v) is 14.3. The Hall–Kier alpha value is -4.77. The molecule has 6 aromatic rings. The molecule has 2 N–H and O–H groups in total. The van der Waals surface area contributed by atoms with E-state index in [9.17, 15) is 19.5 Å². The van der Waals surface area contributed by atoms with Crippen molar-refractivity contribution < 1.29 is 29.0 Å². The van der Waals surface area contributed by atoms with Crippen molar-refractivity contribution in [3.05, 3.63) is 146 Å². The SMILES string of the molecule is COC(=O)[C@@H](CCNC(=O)c1ccccc1C(=O)O)Oc1c(Br)cc(-c2ccc(-c3c(Cc4ccccc4)sc4ccccc34)cc2)cc1Br. The van der Waals surface area contributed by atoms with Crippen LogP contribution in [-0.2, 0) is 16.0 Å². The van der Waals surface area contributed by atoms with Crippen LogP contribution in [-0.4, -0.2) is 42.7 Å². The predicted octanol–water partition coefficient (Wildman–Crippen LogP) is 9.79. The maximum Gasteiger partial charge on any atom is 0.347 e. The lowest BCUT2D eigenvalue weighted by Gasteiger charge is -2.20. The molecule has 6 rings (SSSR count). The maximum absolute atomic E-state index is 12.7. The van der Waals surface area contributed by atoms with E-state index < -0.39 is 23.9 Å². The summed E-state index contributed by atoms with van der Waals surface area (Å²) in [6.07, 6.45) is -0.103. The number of ether oxygens (including phenoxy) is 2. The molecule has 0 spiro atoms. The summed E-state index contributed by atoms with van der Waals surface area (Å²) in [5.74, 6) is -1.98. The standard InChI is InChI=1S/C40H31Br2NO6S/c1-48-40(47)33(19-20-43-38(44)28-11-5-6-12-29(28)39(45)46)49-37-31(41)22-27(23-32(37)42)25-15-17-26(18-16-25)36-30-13-7-8-14-34(30)50-35(36)21-24-9-3-2-4-10-24/h2-18,22-23,33H,19-21H2,1H3,(H,43,44)(H,45,46)/t33-/m1/s1. The Labute approximate surface area is 310 Å². The van der Waals surface area contributed by atoms with E-state index >= 15 is 0 Å². The van der Waals surface area contributed by atoms with Crippen molar-refractivity contribution in [2.24, 2.45) is 0 Å². The minimum atomic E-state index is -1.20. The molecule has 0 unspecified atom stereocenters. The number of amides is 1. The van der Waals surface area contributed by atoms with Crippen molar-refractivity contribution in [1.82, 2.24) is 5.32 Å². The molecule has 1 amide bonds. The average molecular weight is 814 g/mol. The number of nitrogens with one attached hydrogen (secondary N) is 1. The number of carbonyl (C=O) groups excluding carboxylic acids is 2. The molecule has 0 aliphatic heterocycles. The van der Waals surface area contributed by atoms with Crippen LogP contribution < -0.4 is 10.1 Å². The first kappa shape index (κ1) is 35.1. The molecule has 0 fully saturated rings. The molecule has 0 saturated carbocycles. The molecule has 50 heavy (non-hydrogen) atoms. The van der Waals surface area contributed by atoms with Crippen LogP contribution in [0.5, 0.6) is 5.75 Å². The molecule has 0 radical (unpaired) electrons. The van der Waals surface area contributed by atoms with Gasteiger partial charge in [-0.15, -0.1) is 11.3 Å². The summed E-state index contributed by atoms with van der Waals surface area (Å²) in [5.41, 5.74) is 5.52. The van der Waals surface area contributed by atoms with Gasteiger partial charge < -0.3 is 19.9 Å². The second-order valence-electron chi connectivity index (χ2n) is 11.4. The highest BCUT2D eigenvalue weighted by molar-refractivity contribution is 9.11. The zero-order chi connectivity index (χ0) is 35.2. The number of methoxy groups -OCH3 is 1. The van der Waals surface area contributed by atoms with Gasteiger partial charge in [-0.1, -0.05) is 84.9 Å². The van der Waals surface area contributed by atoms with Gasteiger partial charge >= 0.3 is 11.9 Å². The minimum Gasteiger partial charge on any atom is -0.478 e. The lowest BCUT2D eigenvalue weighted by Crippen LogP contribution is -2.35. The summed E-state index contributed by atoms with van der Waals surface area (Å²) < 4.78 is 13.6. The van der Waals surface area contributed by atoms with Crippen LogP contribution in [0.15, 0.2) is 124 Å². The van der Waals surface area contributed by atoms with E-state index in [-0.39, 0.29) is 24.1 Å². The highest BCUT2D eigenvalue weighted by Gasteiger charge is 2.25. The van der Waals surface area contributed by atoms with Crippen LogP contribution in [0.4, 0.5) is 0 Å². The van der Waals surface area contributed by atoms with E-state index in [0.29, 0.717) is 14.7 Å². The number of halogens is 2. The van der Waals surface area contributed by atoms with Crippen LogP contribution in [0.25, 0.3) is 32.3 Å². The van der Waals surface area contributed by atoms with Crippen molar-refractivity contribution >= 4 is 71.1 Å². The molecule has 0 saturated heterocycles. The van der Waals surface area contributed by atoms with Gasteiger partial charge in [-0.05, 0) is 84.4 Å². The van der Waals surface area contributed by atoms with Crippen LogP contribution in [0.1, 0.15) is 37.6 Å².